The topological polar surface area (TPSA) is 69.8 Å². The van der Waals surface area contributed by atoms with Gasteiger partial charge < -0.3 is 14.5 Å². The molecule has 3 heterocycles. The molecule has 0 saturated heterocycles. The highest BCUT2D eigenvalue weighted by Crippen LogP contribution is 2.41. The normalized spacial score (nSPS) is 14.1. The van der Waals surface area contributed by atoms with Gasteiger partial charge in [0, 0.05) is 36.6 Å². The van der Waals surface area contributed by atoms with Crippen LogP contribution in [0.4, 0.5) is 24.7 Å². The van der Waals surface area contributed by atoms with E-state index < -0.39 is 17.5 Å². The second-order valence-corrected chi connectivity index (χ2v) is 7.41. The molecule has 0 amide bonds. The number of anilines is 2. The predicted molar refractivity (Wildman–Crippen MR) is 105 cm³/mol. The lowest BCUT2D eigenvalue weighted by molar-refractivity contribution is -0.395. The van der Waals surface area contributed by atoms with E-state index in [2.05, 4.69) is 15.3 Å². The van der Waals surface area contributed by atoms with Crippen molar-refractivity contribution in [2.45, 2.75) is 39.5 Å². The number of alkyl halides is 3. The third kappa shape index (κ3) is 3.51. The zero-order chi connectivity index (χ0) is 21.6. The van der Waals surface area contributed by atoms with E-state index in [-0.39, 0.29) is 18.1 Å². The van der Waals surface area contributed by atoms with Gasteiger partial charge >= 0.3 is 12.1 Å². The molecule has 0 unspecified atom stereocenters. The molecule has 0 radical (unpaired) electrons. The van der Waals surface area contributed by atoms with Crippen molar-refractivity contribution >= 4 is 28.4 Å². The number of H-pyrrole nitrogens is 1. The molecule has 6 nitrogen and oxygen atoms in total. The largest absolute Gasteiger partial charge is 0.440 e. The van der Waals surface area contributed by atoms with E-state index in [9.17, 15) is 18.0 Å². The molecule has 0 bridgehead atoms. The van der Waals surface area contributed by atoms with Crippen LogP contribution in [0.5, 0.6) is 5.88 Å². The number of nitrogens with one attached hydrogen (secondary N) is 2. The van der Waals surface area contributed by atoms with Crippen molar-refractivity contribution in [3.05, 3.63) is 53.6 Å². The standard InChI is InChI=1S/C21H19F3N4O2/c1-11(2)30-20-17(12(3)4-5-26-20)27-19-18-14-8-13(29)9-16(21(22,23)24)15(14)10-28(18)7-6-25-19/h4-7,9-11H,8H2,1-3H3,(H,25,27)/p+1. The van der Waals surface area contributed by atoms with Crippen LogP contribution in [0, 0.1) is 6.92 Å². The van der Waals surface area contributed by atoms with E-state index in [0.29, 0.717) is 34.5 Å². The van der Waals surface area contributed by atoms with Gasteiger partial charge in [-0.2, -0.15) is 18.2 Å². The highest BCUT2D eigenvalue weighted by atomic mass is 19.4. The van der Waals surface area contributed by atoms with Gasteiger partial charge in [0.15, 0.2) is 23.5 Å². The van der Waals surface area contributed by atoms with Crippen molar-refractivity contribution in [3.8, 4) is 5.88 Å². The van der Waals surface area contributed by atoms with Crippen molar-refractivity contribution in [2.75, 3.05) is 5.32 Å². The number of rotatable bonds is 4. The molecule has 9 heteroatoms. The Morgan fingerprint density at radius 1 is 1.33 bits per heavy atom. The summed E-state index contributed by atoms with van der Waals surface area (Å²) >= 11 is 0. The first-order valence-electron chi connectivity index (χ1n) is 9.40. The average Bonchev–Trinajstić information content (AvgIpc) is 3.01. The number of hydrogen-bond donors (Lipinski definition) is 1. The molecule has 30 heavy (non-hydrogen) atoms. The van der Waals surface area contributed by atoms with Gasteiger partial charge in [-0.1, -0.05) is 0 Å². The van der Waals surface area contributed by atoms with Gasteiger partial charge in [-0.15, -0.1) is 0 Å². The first kappa shape index (κ1) is 19.9. The Labute approximate surface area is 170 Å². The van der Waals surface area contributed by atoms with Crippen LogP contribution < -0.4 is 15.0 Å². The highest BCUT2D eigenvalue weighted by Gasteiger charge is 2.40. The Kier molecular flexibility index (Phi) is 4.76. The number of hydrogen-bond acceptors (Lipinski definition) is 4. The first-order valence-corrected chi connectivity index (χ1v) is 9.40. The van der Waals surface area contributed by atoms with Crippen LogP contribution in [-0.4, -0.2) is 27.4 Å². The molecular weight excluding hydrogens is 397 g/mol. The Hall–Kier alpha value is -3.36. The molecule has 4 rings (SSSR count). The summed E-state index contributed by atoms with van der Waals surface area (Å²) in [5, 5.41) is 3.19. The van der Waals surface area contributed by atoms with Crippen molar-refractivity contribution in [2.24, 2.45) is 0 Å². The van der Waals surface area contributed by atoms with Crippen molar-refractivity contribution in [3.63, 3.8) is 0 Å². The summed E-state index contributed by atoms with van der Waals surface area (Å²) in [6.07, 6.45) is 2.01. The molecule has 1 aliphatic carbocycles. The number of aromatic amines is 1. The van der Waals surface area contributed by atoms with Crippen LogP contribution in [-0.2, 0) is 11.2 Å². The molecule has 156 valence electrons. The number of ether oxygens (including phenoxy) is 1. The lowest BCUT2D eigenvalue weighted by atomic mass is 9.92. The summed E-state index contributed by atoms with van der Waals surface area (Å²) in [6.45, 7) is 5.66. The smallest absolute Gasteiger partial charge is 0.417 e. The van der Waals surface area contributed by atoms with E-state index >= 15 is 0 Å². The van der Waals surface area contributed by atoms with Crippen LogP contribution in [0.25, 0.3) is 11.1 Å². The molecule has 2 N–H and O–H groups in total. The number of nitrogens with zero attached hydrogens (tertiary/aromatic N) is 2. The van der Waals surface area contributed by atoms with Crippen LogP contribution in [0.3, 0.4) is 0 Å². The molecule has 0 atom stereocenters. The monoisotopic (exact) mass is 417 g/mol. The third-order valence-corrected chi connectivity index (χ3v) is 4.81. The molecule has 3 aromatic heterocycles. The van der Waals surface area contributed by atoms with Crippen LogP contribution in [0.15, 0.2) is 36.9 Å². The minimum absolute atomic E-state index is 0.00634. The first-order chi connectivity index (χ1) is 14.1. The lowest BCUT2D eigenvalue weighted by Crippen LogP contribution is -2.18. The number of carbonyl (C=O) groups is 1. The number of halogens is 3. The van der Waals surface area contributed by atoms with Crippen LogP contribution >= 0.6 is 0 Å². The SMILES string of the molecule is Cc1cc[nH+]c(OC(C)C)c1Nc1nccn2cc3c(c12)CC(=O)C=C3C(F)(F)F. The minimum Gasteiger partial charge on any atom is -0.440 e. The number of fused-ring (bicyclic) bond motifs is 3. The van der Waals surface area contributed by atoms with E-state index in [4.69, 9.17) is 4.74 Å². The maximum Gasteiger partial charge on any atom is 0.417 e. The van der Waals surface area contributed by atoms with Gasteiger partial charge in [0.05, 0.1) is 17.2 Å². The zero-order valence-electron chi connectivity index (χ0n) is 16.6. The quantitative estimate of drug-likeness (QED) is 0.695. The Morgan fingerprint density at radius 2 is 2.10 bits per heavy atom. The molecular formula is C21H20F3N4O2+. The number of aryl methyl sites for hydroxylation is 1. The van der Waals surface area contributed by atoms with Gasteiger partial charge in [-0.25, -0.2) is 4.98 Å². The Balaban J connectivity index is 1.87. The molecule has 0 spiro atoms. The molecule has 0 fully saturated rings. The lowest BCUT2D eigenvalue weighted by Gasteiger charge is -2.17. The molecule has 0 saturated carbocycles. The molecule has 1 aliphatic rings. The second kappa shape index (κ2) is 7.16. The van der Waals surface area contributed by atoms with E-state index in [0.717, 1.165) is 5.56 Å². The maximum atomic E-state index is 13.5. The van der Waals surface area contributed by atoms with Gasteiger partial charge in [0.2, 0.25) is 0 Å². The third-order valence-electron chi connectivity index (χ3n) is 4.81. The fourth-order valence-corrected chi connectivity index (χ4v) is 3.57. The van der Waals surface area contributed by atoms with Crippen LogP contribution in [0.1, 0.15) is 30.5 Å². The van der Waals surface area contributed by atoms with Crippen molar-refractivity contribution < 1.29 is 27.7 Å². The molecule has 3 aromatic rings. The number of carbonyl (C=O) groups excluding carboxylic acids is 1. The van der Waals surface area contributed by atoms with E-state index in [1.54, 1.807) is 16.8 Å². The van der Waals surface area contributed by atoms with Gasteiger partial charge in [-0.3, -0.25) is 4.79 Å². The second-order valence-electron chi connectivity index (χ2n) is 7.41. The Bertz CT molecular complexity index is 1180. The van der Waals surface area contributed by atoms with Gasteiger partial charge in [0.25, 0.3) is 0 Å². The zero-order valence-corrected chi connectivity index (χ0v) is 16.6. The van der Waals surface area contributed by atoms with Crippen molar-refractivity contribution in [1.29, 1.82) is 0 Å². The fraction of sp³-hybridized carbons (Fsp3) is 0.286. The summed E-state index contributed by atoms with van der Waals surface area (Å²) in [5.41, 5.74) is 1.27. The maximum absolute atomic E-state index is 13.5. The number of aromatic nitrogens is 3. The number of allylic oxidation sites excluding steroid dienone is 2. The number of ketones is 1. The van der Waals surface area contributed by atoms with E-state index in [1.807, 2.05) is 26.8 Å². The summed E-state index contributed by atoms with van der Waals surface area (Å²) in [4.78, 5) is 19.5. The summed E-state index contributed by atoms with van der Waals surface area (Å²) < 4.78 is 47.9. The minimum atomic E-state index is -4.62. The van der Waals surface area contributed by atoms with Crippen molar-refractivity contribution in [1.82, 2.24) is 9.38 Å². The van der Waals surface area contributed by atoms with E-state index in [1.165, 1.54) is 12.4 Å². The predicted octanol–water partition coefficient (Wildman–Crippen LogP) is 4.06. The molecule has 0 aliphatic heterocycles. The summed E-state index contributed by atoms with van der Waals surface area (Å²) in [5.74, 6) is 0.234. The summed E-state index contributed by atoms with van der Waals surface area (Å²) in [6, 6.07) is 1.84. The Morgan fingerprint density at radius 3 is 2.80 bits per heavy atom. The molecule has 0 aromatic carbocycles. The number of pyridine rings is 1. The summed E-state index contributed by atoms with van der Waals surface area (Å²) in [7, 11) is 0. The van der Waals surface area contributed by atoms with Gasteiger partial charge in [-0.05, 0) is 38.0 Å². The highest BCUT2D eigenvalue weighted by molar-refractivity contribution is 6.05. The van der Waals surface area contributed by atoms with Gasteiger partial charge in [0.1, 0.15) is 0 Å². The average molecular weight is 417 g/mol. The van der Waals surface area contributed by atoms with Crippen LogP contribution in [0.2, 0.25) is 0 Å². The fourth-order valence-electron chi connectivity index (χ4n) is 3.57.